The lowest BCUT2D eigenvalue weighted by Crippen LogP contribution is -2.49. The van der Waals surface area contributed by atoms with Crippen molar-refractivity contribution < 1.29 is 13.2 Å². The minimum absolute atomic E-state index is 0.0750. The highest BCUT2D eigenvalue weighted by Gasteiger charge is 2.34. The maximum absolute atomic E-state index is 12.7. The Bertz CT molecular complexity index is 754. The van der Waals surface area contributed by atoms with Gasteiger partial charge in [0, 0.05) is 25.2 Å². The summed E-state index contributed by atoms with van der Waals surface area (Å²) in [6, 6.07) is 7.00. The monoisotopic (exact) mass is 376 g/mol. The number of rotatable bonds is 5. The van der Waals surface area contributed by atoms with Crippen LogP contribution in [0.25, 0.3) is 6.08 Å². The number of likely N-dealkylation sites (tertiary alicyclic amines) is 1. The van der Waals surface area contributed by atoms with Gasteiger partial charge in [0.15, 0.2) is 0 Å². The Kier molecular flexibility index (Phi) is 6.14. The molecule has 1 saturated heterocycles. The highest BCUT2D eigenvalue weighted by molar-refractivity contribution is 7.89. The normalized spacial score (nSPS) is 23.8. The molecular weight excluding hydrogens is 348 g/mol. The first-order valence-corrected chi connectivity index (χ1v) is 11.1. The number of carbonyl (C=O) groups excluding carboxylic acids is 1. The van der Waals surface area contributed by atoms with Gasteiger partial charge in [-0.1, -0.05) is 31.9 Å². The van der Waals surface area contributed by atoms with Gasteiger partial charge in [0.05, 0.1) is 4.90 Å². The molecule has 2 atom stereocenters. The van der Waals surface area contributed by atoms with Crippen LogP contribution in [0.4, 0.5) is 0 Å². The Morgan fingerprint density at radius 2 is 1.85 bits per heavy atom. The van der Waals surface area contributed by atoms with E-state index in [0.29, 0.717) is 18.5 Å². The molecule has 6 heteroatoms. The standard InChI is InChI=1S/C20H28N2O3S/c1-2-21-26(24,25)18-12-9-16(10-13-18)11-14-20(23)22-15-5-7-17-6-3-4-8-19(17)22/h9-14,17,19,21H,2-8,15H2,1H3/b14-11+. The molecule has 1 amide bonds. The first kappa shape index (κ1) is 19.1. The summed E-state index contributed by atoms with van der Waals surface area (Å²) in [4.78, 5) is 15.0. The third kappa shape index (κ3) is 4.35. The molecule has 1 aliphatic carbocycles. The molecule has 142 valence electrons. The summed E-state index contributed by atoms with van der Waals surface area (Å²) in [6.07, 6.45) is 10.6. The van der Waals surface area contributed by atoms with E-state index in [9.17, 15) is 13.2 Å². The molecule has 2 aliphatic rings. The molecule has 26 heavy (non-hydrogen) atoms. The number of fused-ring (bicyclic) bond motifs is 1. The van der Waals surface area contributed by atoms with Gasteiger partial charge in [0.25, 0.3) is 0 Å². The molecule has 0 spiro atoms. The maximum Gasteiger partial charge on any atom is 0.246 e. The summed E-state index contributed by atoms with van der Waals surface area (Å²) in [7, 11) is -3.44. The third-order valence-electron chi connectivity index (χ3n) is 5.47. The van der Waals surface area contributed by atoms with Gasteiger partial charge in [-0.2, -0.15) is 0 Å². The molecule has 1 aromatic carbocycles. The highest BCUT2D eigenvalue weighted by Crippen LogP contribution is 2.35. The molecule has 1 saturated carbocycles. The van der Waals surface area contributed by atoms with Gasteiger partial charge in [-0.05, 0) is 55.4 Å². The van der Waals surface area contributed by atoms with Crippen molar-refractivity contribution in [3.63, 3.8) is 0 Å². The van der Waals surface area contributed by atoms with Gasteiger partial charge >= 0.3 is 0 Å². The van der Waals surface area contributed by atoms with Crippen LogP contribution < -0.4 is 4.72 Å². The van der Waals surface area contributed by atoms with Gasteiger partial charge in [0.2, 0.25) is 15.9 Å². The zero-order valence-electron chi connectivity index (χ0n) is 15.4. The van der Waals surface area contributed by atoms with E-state index < -0.39 is 10.0 Å². The summed E-state index contributed by atoms with van der Waals surface area (Å²) in [5, 5.41) is 0. The molecule has 2 fully saturated rings. The van der Waals surface area contributed by atoms with Crippen molar-refractivity contribution in [3.8, 4) is 0 Å². The molecule has 1 heterocycles. The van der Waals surface area contributed by atoms with Crippen LogP contribution in [0.1, 0.15) is 51.0 Å². The molecule has 1 N–H and O–H groups in total. The minimum Gasteiger partial charge on any atom is -0.336 e. The first-order chi connectivity index (χ1) is 12.5. The molecule has 0 aromatic heterocycles. The summed E-state index contributed by atoms with van der Waals surface area (Å²) >= 11 is 0. The summed E-state index contributed by atoms with van der Waals surface area (Å²) in [5.74, 6) is 0.747. The van der Waals surface area contributed by atoms with Crippen molar-refractivity contribution in [2.45, 2.75) is 56.4 Å². The van der Waals surface area contributed by atoms with E-state index in [4.69, 9.17) is 0 Å². The fourth-order valence-electron chi connectivity index (χ4n) is 4.19. The van der Waals surface area contributed by atoms with Crippen molar-refractivity contribution in [2.75, 3.05) is 13.1 Å². The van der Waals surface area contributed by atoms with E-state index in [1.54, 1.807) is 43.3 Å². The molecular formula is C20H28N2O3S. The number of benzene rings is 1. The van der Waals surface area contributed by atoms with E-state index in [0.717, 1.165) is 24.9 Å². The lowest BCUT2D eigenvalue weighted by atomic mass is 9.78. The Morgan fingerprint density at radius 3 is 2.58 bits per heavy atom. The fourth-order valence-corrected chi connectivity index (χ4v) is 5.23. The van der Waals surface area contributed by atoms with Gasteiger partial charge in [-0.3, -0.25) is 4.79 Å². The van der Waals surface area contributed by atoms with E-state index in [-0.39, 0.29) is 10.8 Å². The zero-order valence-corrected chi connectivity index (χ0v) is 16.2. The Labute approximate surface area is 156 Å². The molecule has 3 rings (SSSR count). The summed E-state index contributed by atoms with van der Waals surface area (Å²) in [6.45, 7) is 2.96. The van der Waals surface area contributed by atoms with Gasteiger partial charge in [-0.25, -0.2) is 13.1 Å². The summed E-state index contributed by atoms with van der Waals surface area (Å²) < 4.78 is 26.4. The van der Waals surface area contributed by atoms with Crippen LogP contribution in [-0.4, -0.2) is 38.4 Å². The number of nitrogens with zero attached hydrogens (tertiary/aromatic N) is 1. The summed E-state index contributed by atoms with van der Waals surface area (Å²) in [5.41, 5.74) is 0.825. The molecule has 5 nitrogen and oxygen atoms in total. The zero-order chi connectivity index (χ0) is 18.6. The lowest BCUT2D eigenvalue weighted by molar-refractivity contribution is -0.132. The first-order valence-electron chi connectivity index (χ1n) is 9.59. The van der Waals surface area contributed by atoms with Crippen LogP contribution in [0.15, 0.2) is 35.2 Å². The van der Waals surface area contributed by atoms with Crippen LogP contribution in [0, 0.1) is 5.92 Å². The van der Waals surface area contributed by atoms with Crippen LogP contribution in [0.3, 0.4) is 0 Å². The molecule has 1 aromatic rings. The topological polar surface area (TPSA) is 66.5 Å². The number of nitrogens with one attached hydrogen (secondary N) is 1. The number of hydrogen-bond acceptors (Lipinski definition) is 3. The molecule has 2 unspecified atom stereocenters. The van der Waals surface area contributed by atoms with E-state index in [1.165, 1.54) is 25.7 Å². The number of piperidine rings is 1. The number of amides is 1. The molecule has 0 radical (unpaired) electrons. The maximum atomic E-state index is 12.7. The predicted octanol–water partition coefficient (Wildman–Crippen LogP) is 3.18. The van der Waals surface area contributed by atoms with Gasteiger partial charge < -0.3 is 4.90 Å². The number of hydrogen-bond donors (Lipinski definition) is 1. The van der Waals surface area contributed by atoms with Crippen LogP contribution in [0.5, 0.6) is 0 Å². The Morgan fingerprint density at radius 1 is 1.15 bits per heavy atom. The van der Waals surface area contributed by atoms with Crippen molar-refractivity contribution >= 4 is 22.0 Å². The largest absolute Gasteiger partial charge is 0.336 e. The van der Waals surface area contributed by atoms with E-state index in [1.807, 2.05) is 4.90 Å². The third-order valence-corrected chi connectivity index (χ3v) is 7.03. The SMILES string of the molecule is CCNS(=O)(=O)c1ccc(/C=C/C(=O)N2CCCC3CCCCC32)cc1. The Hall–Kier alpha value is -1.66. The van der Waals surface area contributed by atoms with Crippen molar-refractivity contribution in [2.24, 2.45) is 5.92 Å². The second-order valence-corrected chi connectivity index (χ2v) is 8.96. The van der Waals surface area contributed by atoms with Crippen LogP contribution in [0.2, 0.25) is 0 Å². The number of carbonyl (C=O) groups is 1. The van der Waals surface area contributed by atoms with E-state index >= 15 is 0 Å². The molecule has 0 bridgehead atoms. The van der Waals surface area contributed by atoms with Crippen molar-refractivity contribution in [3.05, 3.63) is 35.9 Å². The van der Waals surface area contributed by atoms with Crippen molar-refractivity contribution in [1.29, 1.82) is 0 Å². The second kappa shape index (κ2) is 8.35. The van der Waals surface area contributed by atoms with Crippen molar-refractivity contribution in [1.82, 2.24) is 9.62 Å². The predicted molar refractivity (Wildman–Crippen MR) is 103 cm³/mol. The lowest BCUT2D eigenvalue weighted by Gasteiger charge is -2.43. The second-order valence-electron chi connectivity index (χ2n) is 7.19. The quantitative estimate of drug-likeness (QED) is 0.803. The smallest absolute Gasteiger partial charge is 0.246 e. The minimum atomic E-state index is -3.44. The molecule has 1 aliphatic heterocycles. The average molecular weight is 377 g/mol. The Balaban J connectivity index is 1.66. The fraction of sp³-hybridized carbons (Fsp3) is 0.550. The number of sulfonamides is 1. The van der Waals surface area contributed by atoms with Crippen LogP contribution >= 0.6 is 0 Å². The van der Waals surface area contributed by atoms with Gasteiger partial charge in [-0.15, -0.1) is 0 Å². The van der Waals surface area contributed by atoms with Gasteiger partial charge in [0.1, 0.15) is 0 Å². The average Bonchev–Trinajstić information content (AvgIpc) is 2.66. The highest BCUT2D eigenvalue weighted by atomic mass is 32.2. The van der Waals surface area contributed by atoms with Crippen LogP contribution in [-0.2, 0) is 14.8 Å². The van der Waals surface area contributed by atoms with E-state index in [2.05, 4.69) is 4.72 Å².